The van der Waals surface area contributed by atoms with Gasteiger partial charge in [-0.25, -0.2) is 18.0 Å². The molecule has 0 bridgehead atoms. The molecule has 2 aromatic carbocycles. The van der Waals surface area contributed by atoms with Gasteiger partial charge in [-0.15, -0.1) is 11.8 Å². The number of carbonyl (C=O) groups excluding carboxylic acids is 5. The van der Waals surface area contributed by atoms with Gasteiger partial charge < -0.3 is 30.3 Å². The predicted molar refractivity (Wildman–Crippen MR) is 181 cm³/mol. The van der Waals surface area contributed by atoms with E-state index in [4.69, 9.17) is 19.8 Å². The Hall–Kier alpha value is -4.04. The Bertz CT molecular complexity index is 1970. The third kappa shape index (κ3) is 6.84. The van der Waals surface area contributed by atoms with Crippen molar-refractivity contribution in [3.05, 3.63) is 65.7 Å². The van der Waals surface area contributed by atoms with Gasteiger partial charge in [-0.2, -0.15) is 8.42 Å². The van der Waals surface area contributed by atoms with Crippen molar-refractivity contribution in [2.75, 3.05) is 6.79 Å². The first-order chi connectivity index (χ1) is 23.6. The summed E-state index contributed by atoms with van der Waals surface area (Å²) in [5, 5.41) is 1.07. The van der Waals surface area contributed by atoms with E-state index >= 15 is 0 Å². The van der Waals surface area contributed by atoms with E-state index in [0.29, 0.717) is 5.56 Å². The van der Waals surface area contributed by atoms with Crippen LogP contribution in [0.4, 0.5) is 0 Å². The van der Waals surface area contributed by atoms with Crippen LogP contribution >= 0.6 is 11.8 Å². The van der Waals surface area contributed by atoms with E-state index in [9.17, 15) is 40.8 Å². The van der Waals surface area contributed by atoms with Gasteiger partial charge in [0.15, 0.2) is 9.84 Å². The summed E-state index contributed by atoms with van der Waals surface area (Å²) in [6.07, 6.45) is -0.191. The Balaban J connectivity index is 0.000000392. The quantitative estimate of drug-likeness (QED) is 0.145. The van der Waals surface area contributed by atoms with E-state index in [1.54, 1.807) is 56.3 Å². The summed E-state index contributed by atoms with van der Waals surface area (Å²) in [6.45, 7) is 7.21. The predicted octanol–water partition coefficient (Wildman–Crippen LogP) is 0.653. The van der Waals surface area contributed by atoms with Crippen LogP contribution in [-0.4, -0.2) is 106 Å². The van der Waals surface area contributed by atoms with Crippen LogP contribution < -0.4 is 11.1 Å². The topological polar surface area (TPSA) is 237 Å². The van der Waals surface area contributed by atoms with Crippen LogP contribution in [0.1, 0.15) is 51.3 Å². The molecule has 276 valence electrons. The zero-order valence-electron chi connectivity index (χ0n) is 28.2. The number of rotatable bonds is 8. The second kappa shape index (κ2) is 13.5. The highest BCUT2D eigenvalue weighted by Gasteiger charge is 2.68. The molecule has 4 aliphatic rings. The number of benzene rings is 2. The molecule has 6 rings (SSSR count). The van der Waals surface area contributed by atoms with Crippen molar-refractivity contribution in [1.82, 2.24) is 15.1 Å². The Kier molecular flexibility index (Phi) is 10.1. The van der Waals surface area contributed by atoms with E-state index < -0.39 is 101 Å². The molecule has 51 heavy (non-hydrogen) atoms. The molecule has 0 aromatic heterocycles. The lowest BCUT2D eigenvalue weighted by atomic mass is 9.95. The lowest BCUT2D eigenvalue weighted by Gasteiger charge is -2.44. The molecule has 6 atom stereocenters. The number of ether oxygens (including phenoxy) is 2. The number of amides is 3. The Morgan fingerprint density at radius 3 is 2.10 bits per heavy atom. The number of fused-ring (bicyclic) bond motifs is 2. The van der Waals surface area contributed by atoms with E-state index in [1.165, 1.54) is 42.6 Å². The van der Waals surface area contributed by atoms with Gasteiger partial charge in [0.1, 0.15) is 34.9 Å². The summed E-state index contributed by atoms with van der Waals surface area (Å²) < 4.78 is 62.9. The summed E-state index contributed by atoms with van der Waals surface area (Å²) >= 11 is 1.31. The fourth-order valence-electron chi connectivity index (χ4n) is 6.40. The molecule has 0 radical (unpaired) electrons. The van der Waals surface area contributed by atoms with Crippen molar-refractivity contribution in [2.24, 2.45) is 5.73 Å². The lowest BCUT2D eigenvalue weighted by Crippen LogP contribution is -2.71. The normalized spacial score (nSPS) is 27.0. The van der Waals surface area contributed by atoms with E-state index in [-0.39, 0.29) is 11.3 Å². The maximum Gasteiger partial charge on any atom is 0.333 e. The molecule has 19 heteroatoms. The average molecular weight is 767 g/mol. The van der Waals surface area contributed by atoms with Crippen LogP contribution in [0, 0.1) is 6.92 Å². The Labute approximate surface area is 299 Å². The van der Waals surface area contributed by atoms with Gasteiger partial charge in [0.05, 0.1) is 16.1 Å². The third-order valence-electron chi connectivity index (χ3n) is 9.32. The molecule has 4 saturated heterocycles. The van der Waals surface area contributed by atoms with Crippen LogP contribution in [0.25, 0.3) is 0 Å². The van der Waals surface area contributed by atoms with Crippen molar-refractivity contribution < 1.29 is 54.8 Å². The molecule has 4 heterocycles. The number of nitrogens with zero attached hydrogens (tertiary/aromatic N) is 2. The first-order valence-corrected chi connectivity index (χ1v) is 19.5. The first kappa shape index (κ1) is 38.2. The molecule has 16 nitrogen and oxygen atoms in total. The number of carbonyl (C=O) groups is 5. The van der Waals surface area contributed by atoms with Gasteiger partial charge in [-0.3, -0.25) is 18.9 Å². The standard InChI is InChI=1S/C25H30N4O9S2.C7H8O3S/c1-24(2)17(29-20(32)16(21(29)39-24)27-19(31)15(26)12-8-6-5-7-9-12)22(33)37-11-38-23(34)18-25(3,4)40(35,36)14-10-13(30)28(14)18;1-6-2-4-7(5-3-6)11(8,9)10/h5-9,14-18,21H,10-11,26H2,1-4H3,(H,27,31);2-5H,1H3,(H,8,9,10). The number of aryl methyl sites for hydroxylation is 1. The average Bonchev–Trinajstić information content (AvgIpc) is 3.38. The minimum absolute atomic E-state index is 0.0666. The van der Waals surface area contributed by atoms with Crippen molar-refractivity contribution in [3.8, 4) is 0 Å². The van der Waals surface area contributed by atoms with Gasteiger partial charge in [0.2, 0.25) is 24.5 Å². The Morgan fingerprint density at radius 1 is 0.980 bits per heavy atom. The number of esters is 2. The van der Waals surface area contributed by atoms with Gasteiger partial charge in [-0.05, 0) is 52.3 Å². The van der Waals surface area contributed by atoms with Crippen molar-refractivity contribution in [1.29, 1.82) is 0 Å². The largest absolute Gasteiger partial charge is 0.426 e. The lowest BCUT2D eigenvalue weighted by molar-refractivity contribution is -0.181. The van der Waals surface area contributed by atoms with E-state index in [2.05, 4.69) is 5.32 Å². The third-order valence-corrected chi connectivity index (χ3v) is 14.6. The minimum atomic E-state index is -4.02. The molecule has 0 saturated carbocycles. The molecule has 2 aromatic rings. The SMILES string of the molecule is CC1(C)SC2C(NC(=O)C(N)c3ccccc3)C(=O)N2C1C(=O)OCOC(=O)C1N2C(=O)CC2S(=O)(=O)C1(C)C.Cc1ccc(S(=O)(=O)O)cc1. The van der Waals surface area contributed by atoms with Crippen LogP contribution in [0.5, 0.6) is 0 Å². The molecule has 0 spiro atoms. The number of β-lactam (4-membered cyclic amide) rings is 2. The van der Waals surface area contributed by atoms with Crippen LogP contribution in [0.2, 0.25) is 0 Å². The summed E-state index contributed by atoms with van der Waals surface area (Å²) in [5.41, 5.74) is 7.59. The maximum atomic E-state index is 13.0. The highest BCUT2D eigenvalue weighted by Crippen LogP contribution is 2.51. The van der Waals surface area contributed by atoms with Crippen LogP contribution in [0.15, 0.2) is 59.5 Å². The number of nitrogens with two attached hydrogens (primary N) is 1. The number of sulfone groups is 1. The van der Waals surface area contributed by atoms with Gasteiger partial charge in [0, 0.05) is 4.75 Å². The zero-order chi connectivity index (χ0) is 37.8. The highest BCUT2D eigenvalue weighted by atomic mass is 32.2. The second-order valence-electron chi connectivity index (χ2n) is 13.5. The zero-order valence-corrected chi connectivity index (χ0v) is 30.7. The van der Waals surface area contributed by atoms with Crippen LogP contribution in [-0.2, 0) is 53.4 Å². The molecule has 4 fully saturated rings. The van der Waals surface area contributed by atoms with E-state index in [0.717, 1.165) is 10.5 Å². The van der Waals surface area contributed by atoms with Crippen molar-refractivity contribution >= 4 is 61.4 Å². The number of hydrogen-bond donors (Lipinski definition) is 3. The highest BCUT2D eigenvalue weighted by molar-refractivity contribution is 8.01. The monoisotopic (exact) mass is 766 g/mol. The number of thioether (sulfide) groups is 1. The fourth-order valence-corrected chi connectivity index (χ4v) is 10.6. The molecular formula is C32H38N4O12S3. The molecular weight excluding hydrogens is 729 g/mol. The second-order valence-corrected chi connectivity index (χ2v) is 19.4. The maximum absolute atomic E-state index is 13.0. The summed E-state index contributed by atoms with van der Waals surface area (Å²) in [6, 6.07) is 10.4. The molecule has 3 amide bonds. The molecule has 6 unspecified atom stereocenters. The fraction of sp³-hybridized carbons (Fsp3) is 0.469. The minimum Gasteiger partial charge on any atom is -0.426 e. The van der Waals surface area contributed by atoms with Crippen molar-refractivity contribution in [3.63, 3.8) is 0 Å². The van der Waals surface area contributed by atoms with Gasteiger partial charge in [0.25, 0.3) is 10.1 Å². The number of nitrogens with one attached hydrogen (secondary N) is 1. The molecule has 4 aliphatic heterocycles. The number of hydrogen-bond acceptors (Lipinski definition) is 13. The summed E-state index contributed by atoms with van der Waals surface area (Å²) in [5.74, 6) is -3.32. The van der Waals surface area contributed by atoms with Crippen molar-refractivity contribution in [2.45, 2.75) is 90.3 Å². The molecule has 0 aliphatic carbocycles. The van der Waals surface area contributed by atoms with Crippen LogP contribution in [0.3, 0.4) is 0 Å². The van der Waals surface area contributed by atoms with Gasteiger partial charge >= 0.3 is 11.9 Å². The first-order valence-electron chi connectivity index (χ1n) is 15.6. The van der Waals surface area contributed by atoms with Gasteiger partial charge in [-0.1, -0.05) is 48.0 Å². The smallest absolute Gasteiger partial charge is 0.333 e. The Morgan fingerprint density at radius 2 is 1.55 bits per heavy atom. The molecule has 4 N–H and O–H groups in total. The van der Waals surface area contributed by atoms with E-state index in [1.807, 2.05) is 6.92 Å². The summed E-state index contributed by atoms with van der Waals surface area (Å²) in [7, 11) is -7.82. The summed E-state index contributed by atoms with van der Waals surface area (Å²) in [4.78, 5) is 65.8.